The van der Waals surface area contributed by atoms with Gasteiger partial charge in [0.25, 0.3) is 0 Å². The van der Waals surface area contributed by atoms with Gasteiger partial charge in [-0.3, -0.25) is 9.59 Å². The second kappa shape index (κ2) is 4.23. The number of benzene rings is 1. The van der Waals surface area contributed by atoms with Gasteiger partial charge in [-0.05, 0) is 36.6 Å². The normalized spacial score (nSPS) is 17.2. The van der Waals surface area contributed by atoms with Gasteiger partial charge in [0, 0.05) is 30.6 Å². The number of ketones is 1. The molecule has 18 heavy (non-hydrogen) atoms. The van der Waals surface area contributed by atoms with Crippen LogP contribution < -0.4 is 4.90 Å². The molecule has 0 fully saturated rings. The number of fused-ring (bicyclic) bond motifs is 1. The van der Waals surface area contributed by atoms with E-state index in [0.717, 1.165) is 29.7 Å². The highest BCUT2D eigenvalue weighted by molar-refractivity contribution is 6.03. The average Bonchev–Trinajstić information content (AvgIpc) is 2.33. The van der Waals surface area contributed by atoms with E-state index in [0.29, 0.717) is 0 Å². The fourth-order valence-corrected chi connectivity index (χ4v) is 2.32. The summed E-state index contributed by atoms with van der Waals surface area (Å²) in [6.45, 7) is 5.52. The number of aryl methyl sites for hydroxylation is 1. The molecule has 1 aliphatic rings. The Morgan fingerprint density at radius 3 is 2.61 bits per heavy atom. The van der Waals surface area contributed by atoms with Crippen molar-refractivity contribution in [2.24, 2.45) is 5.41 Å². The lowest BCUT2D eigenvalue weighted by molar-refractivity contribution is -0.116. The lowest BCUT2D eigenvalue weighted by atomic mass is 9.73. The first-order valence-corrected chi connectivity index (χ1v) is 6.25. The number of hydrogen-bond acceptors (Lipinski definition) is 2. The summed E-state index contributed by atoms with van der Waals surface area (Å²) in [4.78, 5) is 25.2. The largest absolute Gasteiger partial charge is 0.316 e. The quantitative estimate of drug-likeness (QED) is 0.763. The van der Waals surface area contributed by atoms with E-state index in [1.807, 2.05) is 32.0 Å². The highest BCUT2D eigenvalue weighted by Gasteiger charge is 2.34. The van der Waals surface area contributed by atoms with Gasteiger partial charge < -0.3 is 4.90 Å². The number of nitrogens with zero attached hydrogens (tertiary/aromatic N) is 1. The molecule has 0 saturated heterocycles. The minimum absolute atomic E-state index is 0.00239. The highest BCUT2D eigenvalue weighted by Crippen LogP contribution is 2.36. The maximum Gasteiger partial charge on any atom is 0.223 e. The minimum atomic E-state index is -0.263. The van der Waals surface area contributed by atoms with Gasteiger partial charge in [0.15, 0.2) is 5.78 Å². The SMILES string of the molecule is CC(=O)N(C)c1ccc2c(c1)CCC(C)(C)C2=O. The molecule has 0 atom stereocenters. The van der Waals surface area contributed by atoms with E-state index in [-0.39, 0.29) is 17.1 Å². The fraction of sp³-hybridized carbons (Fsp3) is 0.467. The lowest BCUT2D eigenvalue weighted by Crippen LogP contribution is -2.31. The summed E-state index contributed by atoms with van der Waals surface area (Å²) in [6.07, 6.45) is 1.76. The van der Waals surface area contributed by atoms with E-state index in [4.69, 9.17) is 0 Å². The predicted molar refractivity (Wildman–Crippen MR) is 72.0 cm³/mol. The van der Waals surface area contributed by atoms with Crippen molar-refractivity contribution in [2.45, 2.75) is 33.6 Å². The smallest absolute Gasteiger partial charge is 0.223 e. The van der Waals surface area contributed by atoms with Crippen LogP contribution >= 0.6 is 0 Å². The third-order valence-corrected chi connectivity index (χ3v) is 3.83. The molecule has 0 bridgehead atoms. The molecule has 1 aromatic rings. The van der Waals surface area contributed by atoms with Crippen LogP contribution in [0.15, 0.2) is 18.2 Å². The summed E-state index contributed by atoms with van der Waals surface area (Å²) in [6, 6.07) is 5.66. The van der Waals surface area contributed by atoms with Crippen molar-refractivity contribution >= 4 is 17.4 Å². The maximum absolute atomic E-state index is 12.3. The topological polar surface area (TPSA) is 37.4 Å². The zero-order valence-electron chi connectivity index (χ0n) is 11.4. The first-order chi connectivity index (χ1) is 8.33. The number of rotatable bonds is 1. The Morgan fingerprint density at radius 1 is 1.33 bits per heavy atom. The van der Waals surface area contributed by atoms with Gasteiger partial charge >= 0.3 is 0 Å². The zero-order valence-corrected chi connectivity index (χ0v) is 11.4. The van der Waals surface area contributed by atoms with Gasteiger partial charge in [-0.25, -0.2) is 0 Å². The summed E-state index contributed by atoms with van der Waals surface area (Å²) in [7, 11) is 1.75. The molecule has 1 aromatic carbocycles. The van der Waals surface area contributed by atoms with Crippen LogP contribution in [0.5, 0.6) is 0 Å². The monoisotopic (exact) mass is 245 g/mol. The first-order valence-electron chi connectivity index (χ1n) is 6.25. The summed E-state index contributed by atoms with van der Waals surface area (Å²) in [5.74, 6) is 0.207. The molecule has 0 saturated carbocycles. The lowest BCUT2D eigenvalue weighted by Gasteiger charge is -2.30. The van der Waals surface area contributed by atoms with E-state index in [9.17, 15) is 9.59 Å². The van der Waals surface area contributed by atoms with Crippen molar-refractivity contribution in [2.75, 3.05) is 11.9 Å². The number of hydrogen-bond donors (Lipinski definition) is 0. The van der Waals surface area contributed by atoms with Gasteiger partial charge in [-0.15, -0.1) is 0 Å². The van der Waals surface area contributed by atoms with Gasteiger partial charge in [0.1, 0.15) is 0 Å². The molecular weight excluding hydrogens is 226 g/mol. The Bertz CT molecular complexity index is 517. The van der Waals surface area contributed by atoms with Crippen molar-refractivity contribution < 1.29 is 9.59 Å². The molecule has 3 heteroatoms. The molecule has 1 aliphatic carbocycles. The standard InChI is InChI=1S/C15H19NO2/c1-10(17)16(4)12-5-6-13-11(9-12)7-8-15(2,3)14(13)18/h5-6,9H,7-8H2,1-4H3. The summed E-state index contributed by atoms with van der Waals surface area (Å²) >= 11 is 0. The van der Waals surface area contributed by atoms with Gasteiger partial charge in [-0.2, -0.15) is 0 Å². The Morgan fingerprint density at radius 2 is 2.00 bits per heavy atom. The van der Waals surface area contributed by atoms with Gasteiger partial charge in [-0.1, -0.05) is 13.8 Å². The molecule has 1 amide bonds. The van der Waals surface area contributed by atoms with Gasteiger partial charge in [0.2, 0.25) is 5.91 Å². The van der Waals surface area contributed by atoms with E-state index >= 15 is 0 Å². The Balaban J connectivity index is 2.41. The van der Waals surface area contributed by atoms with Crippen LogP contribution in [0.25, 0.3) is 0 Å². The number of anilines is 1. The average molecular weight is 245 g/mol. The van der Waals surface area contributed by atoms with E-state index in [1.54, 1.807) is 11.9 Å². The van der Waals surface area contributed by atoms with Crippen molar-refractivity contribution in [1.82, 2.24) is 0 Å². The number of amides is 1. The number of carbonyl (C=O) groups excluding carboxylic acids is 2. The maximum atomic E-state index is 12.3. The number of carbonyl (C=O) groups is 2. The van der Waals surface area contributed by atoms with Crippen LogP contribution in [0.4, 0.5) is 5.69 Å². The third kappa shape index (κ3) is 2.05. The second-order valence-electron chi connectivity index (χ2n) is 5.63. The number of Topliss-reactive ketones (excluding diaryl/α,β-unsaturated/α-hetero) is 1. The molecule has 0 spiro atoms. The van der Waals surface area contributed by atoms with Crippen LogP contribution in [0, 0.1) is 5.41 Å². The van der Waals surface area contributed by atoms with Crippen LogP contribution in [-0.4, -0.2) is 18.7 Å². The zero-order chi connectivity index (χ0) is 13.5. The molecule has 0 radical (unpaired) electrons. The Labute approximate surface area is 108 Å². The molecule has 0 heterocycles. The summed E-state index contributed by atoms with van der Waals surface area (Å²) < 4.78 is 0. The van der Waals surface area contributed by atoms with Crippen LogP contribution in [-0.2, 0) is 11.2 Å². The van der Waals surface area contributed by atoms with Crippen molar-refractivity contribution in [1.29, 1.82) is 0 Å². The predicted octanol–water partition coefficient (Wildman–Crippen LogP) is 2.82. The van der Waals surface area contributed by atoms with Crippen molar-refractivity contribution in [3.8, 4) is 0 Å². The van der Waals surface area contributed by atoms with Crippen molar-refractivity contribution in [3.05, 3.63) is 29.3 Å². The summed E-state index contributed by atoms with van der Waals surface area (Å²) in [5.41, 5.74) is 2.46. The highest BCUT2D eigenvalue weighted by atomic mass is 16.2. The molecule has 0 unspecified atom stereocenters. The summed E-state index contributed by atoms with van der Waals surface area (Å²) in [5, 5.41) is 0. The second-order valence-corrected chi connectivity index (χ2v) is 5.63. The Kier molecular flexibility index (Phi) is 3.01. The van der Waals surface area contributed by atoms with E-state index < -0.39 is 0 Å². The molecule has 96 valence electrons. The molecule has 3 nitrogen and oxygen atoms in total. The van der Waals surface area contributed by atoms with Crippen LogP contribution in [0.3, 0.4) is 0 Å². The molecule has 0 aromatic heterocycles. The third-order valence-electron chi connectivity index (χ3n) is 3.83. The molecular formula is C15H19NO2. The van der Waals surface area contributed by atoms with Gasteiger partial charge in [0.05, 0.1) is 0 Å². The van der Waals surface area contributed by atoms with Crippen molar-refractivity contribution in [3.63, 3.8) is 0 Å². The fourth-order valence-electron chi connectivity index (χ4n) is 2.32. The Hall–Kier alpha value is -1.64. The molecule has 0 N–H and O–H groups in total. The molecule has 0 aliphatic heterocycles. The van der Waals surface area contributed by atoms with E-state index in [2.05, 4.69) is 0 Å². The first kappa shape index (κ1) is 12.8. The van der Waals surface area contributed by atoms with Crippen LogP contribution in [0.2, 0.25) is 0 Å². The van der Waals surface area contributed by atoms with Crippen LogP contribution in [0.1, 0.15) is 43.1 Å². The molecule has 2 rings (SSSR count). The van der Waals surface area contributed by atoms with E-state index in [1.165, 1.54) is 6.92 Å². The minimum Gasteiger partial charge on any atom is -0.316 e.